The molecule has 0 spiro atoms. The molecule has 0 amide bonds. The van der Waals surface area contributed by atoms with E-state index in [9.17, 15) is 4.39 Å². The van der Waals surface area contributed by atoms with Gasteiger partial charge in [-0.1, -0.05) is 12.1 Å². The van der Waals surface area contributed by atoms with Crippen LogP contribution in [-0.2, 0) is 4.74 Å². The van der Waals surface area contributed by atoms with E-state index in [1.807, 2.05) is 19.9 Å². The third-order valence-electron chi connectivity index (χ3n) is 2.00. The fourth-order valence-corrected chi connectivity index (χ4v) is 1.41. The summed E-state index contributed by atoms with van der Waals surface area (Å²) in [5.41, 5.74) is 6.55. The first-order valence-electron chi connectivity index (χ1n) is 4.77. The molecule has 0 aliphatic rings. The summed E-state index contributed by atoms with van der Waals surface area (Å²) in [4.78, 5) is 0. The molecule has 1 aromatic carbocycles. The van der Waals surface area contributed by atoms with Crippen LogP contribution in [-0.4, -0.2) is 12.6 Å². The van der Waals surface area contributed by atoms with E-state index in [0.717, 1.165) is 5.56 Å². The molecule has 2 unspecified atom stereocenters. The number of benzene rings is 1. The number of hydrogen-bond donors (Lipinski definition) is 1. The Bertz CT molecular complexity index is 288. The SMILES string of the molecule is CCOC(c1cccc(F)c1)C(C)N. The van der Waals surface area contributed by atoms with Crippen molar-refractivity contribution in [3.05, 3.63) is 35.6 Å². The second-order valence-electron chi connectivity index (χ2n) is 3.29. The van der Waals surface area contributed by atoms with Gasteiger partial charge in [-0.15, -0.1) is 0 Å². The zero-order chi connectivity index (χ0) is 10.6. The maximum atomic E-state index is 12.9. The first-order chi connectivity index (χ1) is 6.65. The molecule has 0 aromatic heterocycles. The van der Waals surface area contributed by atoms with Gasteiger partial charge in [0.25, 0.3) is 0 Å². The highest BCUT2D eigenvalue weighted by atomic mass is 19.1. The Balaban J connectivity index is 2.87. The monoisotopic (exact) mass is 197 g/mol. The van der Waals surface area contributed by atoms with Crippen LogP contribution in [0.4, 0.5) is 4.39 Å². The predicted molar refractivity (Wildman–Crippen MR) is 54.4 cm³/mol. The molecule has 0 saturated heterocycles. The summed E-state index contributed by atoms with van der Waals surface area (Å²) in [6, 6.07) is 6.22. The average molecular weight is 197 g/mol. The molecule has 0 bridgehead atoms. The van der Waals surface area contributed by atoms with Crippen molar-refractivity contribution < 1.29 is 9.13 Å². The molecule has 3 heteroatoms. The van der Waals surface area contributed by atoms with Gasteiger partial charge in [-0.05, 0) is 31.5 Å². The fraction of sp³-hybridized carbons (Fsp3) is 0.455. The van der Waals surface area contributed by atoms with Crippen LogP contribution < -0.4 is 5.73 Å². The number of halogens is 1. The summed E-state index contributed by atoms with van der Waals surface area (Å²) >= 11 is 0. The molecule has 0 saturated carbocycles. The Hall–Kier alpha value is -0.930. The van der Waals surface area contributed by atoms with Crippen molar-refractivity contribution in [2.75, 3.05) is 6.61 Å². The Morgan fingerprint density at radius 2 is 2.21 bits per heavy atom. The molecule has 0 aliphatic carbocycles. The van der Waals surface area contributed by atoms with Crippen LogP contribution in [0.15, 0.2) is 24.3 Å². The van der Waals surface area contributed by atoms with Gasteiger partial charge in [0, 0.05) is 12.6 Å². The smallest absolute Gasteiger partial charge is 0.123 e. The molecule has 78 valence electrons. The van der Waals surface area contributed by atoms with Crippen LogP contribution in [0, 0.1) is 5.82 Å². The predicted octanol–water partition coefficient (Wildman–Crippen LogP) is 2.25. The topological polar surface area (TPSA) is 35.2 Å². The number of rotatable bonds is 4. The molecule has 0 aliphatic heterocycles. The minimum Gasteiger partial charge on any atom is -0.372 e. The van der Waals surface area contributed by atoms with Crippen LogP contribution in [0.1, 0.15) is 25.5 Å². The summed E-state index contributed by atoms with van der Waals surface area (Å²) in [6.45, 7) is 4.32. The first kappa shape index (κ1) is 11.1. The maximum absolute atomic E-state index is 12.9. The Kier molecular flexibility index (Phi) is 4.04. The Labute approximate surface area is 83.9 Å². The molecule has 2 atom stereocenters. The summed E-state index contributed by atoms with van der Waals surface area (Å²) in [6.07, 6.45) is -0.226. The largest absolute Gasteiger partial charge is 0.372 e. The van der Waals surface area contributed by atoms with E-state index in [2.05, 4.69) is 0 Å². The third-order valence-corrected chi connectivity index (χ3v) is 2.00. The lowest BCUT2D eigenvalue weighted by molar-refractivity contribution is 0.0473. The number of nitrogens with two attached hydrogens (primary N) is 1. The molecular formula is C11H16FNO. The van der Waals surface area contributed by atoms with Gasteiger partial charge < -0.3 is 10.5 Å². The van der Waals surface area contributed by atoms with Crippen molar-refractivity contribution in [3.8, 4) is 0 Å². The highest BCUT2D eigenvalue weighted by molar-refractivity contribution is 5.20. The zero-order valence-corrected chi connectivity index (χ0v) is 8.53. The summed E-state index contributed by atoms with van der Waals surface area (Å²) in [5.74, 6) is -0.257. The van der Waals surface area contributed by atoms with E-state index in [0.29, 0.717) is 6.61 Å². The van der Waals surface area contributed by atoms with Gasteiger partial charge in [0.1, 0.15) is 5.82 Å². The van der Waals surface area contributed by atoms with Gasteiger partial charge in [-0.3, -0.25) is 0 Å². The van der Waals surface area contributed by atoms with Crippen LogP contribution in [0.2, 0.25) is 0 Å². The lowest BCUT2D eigenvalue weighted by Crippen LogP contribution is -2.27. The van der Waals surface area contributed by atoms with Crippen molar-refractivity contribution in [3.63, 3.8) is 0 Å². The van der Waals surface area contributed by atoms with Gasteiger partial charge in [-0.2, -0.15) is 0 Å². The molecular weight excluding hydrogens is 181 g/mol. The quantitative estimate of drug-likeness (QED) is 0.803. The maximum Gasteiger partial charge on any atom is 0.123 e. The van der Waals surface area contributed by atoms with Crippen molar-refractivity contribution in [1.82, 2.24) is 0 Å². The van der Waals surface area contributed by atoms with Crippen molar-refractivity contribution in [2.45, 2.75) is 26.0 Å². The zero-order valence-electron chi connectivity index (χ0n) is 8.53. The van der Waals surface area contributed by atoms with Crippen LogP contribution in [0.3, 0.4) is 0 Å². The lowest BCUT2D eigenvalue weighted by atomic mass is 10.0. The standard InChI is InChI=1S/C11H16FNO/c1-3-14-11(8(2)13)9-5-4-6-10(12)7-9/h4-8,11H,3,13H2,1-2H3. The average Bonchev–Trinajstić information content (AvgIpc) is 2.13. The third kappa shape index (κ3) is 2.79. The second-order valence-corrected chi connectivity index (χ2v) is 3.29. The van der Waals surface area contributed by atoms with Crippen LogP contribution in [0.25, 0.3) is 0 Å². The van der Waals surface area contributed by atoms with Crippen LogP contribution in [0.5, 0.6) is 0 Å². The number of hydrogen-bond acceptors (Lipinski definition) is 2. The van der Waals surface area contributed by atoms with E-state index < -0.39 is 0 Å². The molecule has 0 heterocycles. The van der Waals surface area contributed by atoms with Crippen molar-refractivity contribution >= 4 is 0 Å². The summed E-state index contributed by atoms with van der Waals surface area (Å²) < 4.78 is 18.4. The van der Waals surface area contributed by atoms with Crippen molar-refractivity contribution in [2.24, 2.45) is 5.73 Å². The van der Waals surface area contributed by atoms with E-state index >= 15 is 0 Å². The second kappa shape index (κ2) is 5.08. The normalized spacial score (nSPS) is 15.1. The molecule has 1 rings (SSSR count). The van der Waals surface area contributed by atoms with Gasteiger partial charge in [0.2, 0.25) is 0 Å². The molecule has 14 heavy (non-hydrogen) atoms. The molecule has 2 nitrogen and oxygen atoms in total. The van der Waals surface area contributed by atoms with Gasteiger partial charge in [-0.25, -0.2) is 4.39 Å². The fourth-order valence-electron chi connectivity index (χ4n) is 1.41. The minimum atomic E-state index is -0.257. The molecule has 0 radical (unpaired) electrons. The molecule has 2 N–H and O–H groups in total. The van der Waals surface area contributed by atoms with Gasteiger partial charge in [0.05, 0.1) is 6.10 Å². The van der Waals surface area contributed by atoms with Crippen LogP contribution >= 0.6 is 0 Å². The Morgan fingerprint density at radius 3 is 2.71 bits per heavy atom. The van der Waals surface area contributed by atoms with E-state index in [1.54, 1.807) is 6.07 Å². The van der Waals surface area contributed by atoms with Gasteiger partial charge in [0.15, 0.2) is 0 Å². The van der Waals surface area contributed by atoms with Crippen molar-refractivity contribution in [1.29, 1.82) is 0 Å². The summed E-state index contributed by atoms with van der Waals surface area (Å²) in [5, 5.41) is 0. The van der Waals surface area contributed by atoms with Gasteiger partial charge >= 0.3 is 0 Å². The highest BCUT2D eigenvalue weighted by Crippen LogP contribution is 2.20. The minimum absolute atomic E-state index is 0.142. The van der Waals surface area contributed by atoms with E-state index in [1.165, 1.54) is 12.1 Å². The molecule has 1 aromatic rings. The number of ether oxygens (including phenoxy) is 1. The molecule has 0 fully saturated rings. The summed E-state index contributed by atoms with van der Waals surface area (Å²) in [7, 11) is 0. The first-order valence-corrected chi connectivity index (χ1v) is 4.77. The Morgan fingerprint density at radius 1 is 1.50 bits per heavy atom. The highest BCUT2D eigenvalue weighted by Gasteiger charge is 2.16. The lowest BCUT2D eigenvalue weighted by Gasteiger charge is -2.21. The van der Waals surface area contributed by atoms with E-state index in [4.69, 9.17) is 10.5 Å². The van der Waals surface area contributed by atoms with E-state index in [-0.39, 0.29) is 18.0 Å².